The number of hydrogen-bond donors (Lipinski definition) is 0. The van der Waals surface area contributed by atoms with Crippen molar-refractivity contribution < 1.29 is 32.7 Å². The number of aryl methyl sites for hydroxylation is 1. The van der Waals surface area contributed by atoms with Gasteiger partial charge in [-0.3, -0.25) is 0 Å². The van der Waals surface area contributed by atoms with E-state index in [2.05, 4.69) is 23.4 Å². The van der Waals surface area contributed by atoms with Crippen LogP contribution in [0.2, 0.25) is 0 Å². The molecule has 0 N–H and O–H groups in total. The van der Waals surface area contributed by atoms with Crippen molar-refractivity contribution in [3.63, 3.8) is 0 Å². The summed E-state index contributed by atoms with van der Waals surface area (Å²) in [6, 6.07) is 3.08. The number of nitrogens with zero attached hydrogens (tertiary/aromatic N) is 1. The van der Waals surface area contributed by atoms with Crippen LogP contribution in [0.3, 0.4) is 0 Å². The van der Waals surface area contributed by atoms with Crippen molar-refractivity contribution in [3.8, 4) is 0 Å². The molecule has 1 radical (unpaired) electrons. The molecule has 0 aliphatic heterocycles. The van der Waals surface area contributed by atoms with E-state index < -0.39 is 0 Å². The Bertz CT molecular complexity index is 356. The van der Waals surface area contributed by atoms with Crippen molar-refractivity contribution >= 4 is 21.4 Å². The predicted octanol–water partition coefficient (Wildman–Crippen LogP) is 2.40. The van der Waals surface area contributed by atoms with Gasteiger partial charge in [0, 0.05) is 32.7 Å². The molecule has 0 amide bonds. The van der Waals surface area contributed by atoms with Gasteiger partial charge in [-0.2, -0.15) is 11.3 Å². The van der Waals surface area contributed by atoms with Crippen molar-refractivity contribution in [1.29, 1.82) is 0 Å². The maximum absolute atomic E-state index is 4.00. The summed E-state index contributed by atoms with van der Waals surface area (Å²) in [5.74, 6) is 0. The topological polar surface area (TPSA) is 12.9 Å². The standard InChI is InChI=1S/C8H6NS.Y/c1-6-5-10-8-2-3-9-4-7(6)8;/h3-5H,1H3;/q-1;. The molecule has 0 saturated heterocycles. The van der Waals surface area contributed by atoms with E-state index in [0.717, 1.165) is 0 Å². The van der Waals surface area contributed by atoms with Gasteiger partial charge in [0.1, 0.15) is 0 Å². The second kappa shape index (κ2) is 3.75. The summed E-state index contributed by atoms with van der Waals surface area (Å²) >= 11 is 1.72. The first-order valence-corrected chi connectivity index (χ1v) is 3.95. The molecule has 0 aromatic carbocycles. The second-order valence-electron chi connectivity index (χ2n) is 2.21. The van der Waals surface area contributed by atoms with Gasteiger partial charge in [0.05, 0.1) is 0 Å². The maximum atomic E-state index is 4.00. The first kappa shape index (κ1) is 9.30. The predicted molar refractivity (Wildman–Crippen MR) is 43.2 cm³/mol. The average Bonchev–Trinajstić information content (AvgIpc) is 2.34. The number of pyridine rings is 1. The number of hydrogen-bond acceptors (Lipinski definition) is 2. The van der Waals surface area contributed by atoms with Crippen LogP contribution in [-0.2, 0) is 32.7 Å². The number of aromatic nitrogens is 1. The van der Waals surface area contributed by atoms with Crippen molar-refractivity contribution in [1.82, 2.24) is 4.98 Å². The van der Waals surface area contributed by atoms with Crippen molar-refractivity contribution in [3.05, 3.63) is 29.4 Å². The summed E-state index contributed by atoms with van der Waals surface area (Å²) in [7, 11) is 0. The molecule has 0 aliphatic carbocycles. The third-order valence-corrected chi connectivity index (χ3v) is 2.54. The molecule has 1 nitrogen and oxygen atoms in total. The van der Waals surface area contributed by atoms with Gasteiger partial charge in [0.15, 0.2) is 0 Å². The number of fused-ring (bicyclic) bond motifs is 1. The normalized spacial score (nSPS) is 9.55. The molecule has 0 unspecified atom stereocenters. The van der Waals surface area contributed by atoms with Crippen molar-refractivity contribution in [2.24, 2.45) is 0 Å². The zero-order chi connectivity index (χ0) is 6.97. The van der Waals surface area contributed by atoms with E-state index in [1.54, 1.807) is 17.5 Å². The Hall–Kier alpha value is 0.214. The number of rotatable bonds is 0. The van der Waals surface area contributed by atoms with Gasteiger partial charge in [-0.15, -0.1) is 15.6 Å². The van der Waals surface area contributed by atoms with Gasteiger partial charge < -0.3 is 4.98 Å². The zero-order valence-electron chi connectivity index (χ0n) is 6.16. The summed E-state index contributed by atoms with van der Waals surface area (Å²) in [4.78, 5) is 4.00. The Morgan fingerprint density at radius 3 is 3.09 bits per heavy atom. The molecule has 11 heavy (non-hydrogen) atoms. The van der Waals surface area contributed by atoms with Crippen LogP contribution < -0.4 is 0 Å². The summed E-state index contributed by atoms with van der Waals surface area (Å²) in [6.07, 6.45) is 3.59. The third-order valence-electron chi connectivity index (χ3n) is 1.50. The molecule has 3 heteroatoms. The molecular formula is C8H6NSY-. The minimum Gasteiger partial charge on any atom is -0.303 e. The average molecular weight is 237 g/mol. The van der Waals surface area contributed by atoms with Gasteiger partial charge in [-0.25, -0.2) is 6.07 Å². The van der Waals surface area contributed by atoms with E-state index in [1.165, 1.54) is 15.6 Å². The van der Waals surface area contributed by atoms with Crippen LogP contribution in [0.1, 0.15) is 5.56 Å². The minimum atomic E-state index is 0. The molecule has 0 spiro atoms. The van der Waals surface area contributed by atoms with Crippen LogP contribution in [0.25, 0.3) is 10.1 Å². The molecule has 0 saturated carbocycles. The first-order valence-electron chi connectivity index (χ1n) is 3.07. The van der Waals surface area contributed by atoms with Gasteiger partial charge >= 0.3 is 0 Å². The van der Waals surface area contributed by atoms with E-state index >= 15 is 0 Å². The number of thiophene rings is 1. The molecule has 0 fully saturated rings. The molecular weight excluding hydrogens is 231 g/mol. The van der Waals surface area contributed by atoms with Gasteiger partial charge in [-0.05, 0) is 11.6 Å². The fraction of sp³-hybridized carbons (Fsp3) is 0.125. The smallest absolute Gasteiger partial charge is 0 e. The zero-order valence-corrected chi connectivity index (χ0v) is 9.82. The summed E-state index contributed by atoms with van der Waals surface area (Å²) in [5, 5.41) is 3.36. The van der Waals surface area contributed by atoms with E-state index in [1.807, 2.05) is 6.20 Å². The molecule has 2 aromatic rings. The van der Waals surface area contributed by atoms with Crippen molar-refractivity contribution in [2.75, 3.05) is 0 Å². The van der Waals surface area contributed by atoms with Gasteiger partial charge in [0.25, 0.3) is 0 Å². The molecule has 2 aromatic heterocycles. The van der Waals surface area contributed by atoms with Crippen LogP contribution in [0, 0.1) is 13.0 Å². The van der Waals surface area contributed by atoms with Crippen LogP contribution in [0.5, 0.6) is 0 Å². The Kier molecular flexibility index (Phi) is 3.17. The van der Waals surface area contributed by atoms with Crippen LogP contribution in [0.4, 0.5) is 0 Å². The Morgan fingerprint density at radius 2 is 2.36 bits per heavy atom. The van der Waals surface area contributed by atoms with E-state index in [-0.39, 0.29) is 32.7 Å². The summed E-state index contributed by atoms with van der Waals surface area (Å²) < 4.78 is 1.20. The Balaban J connectivity index is 0.000000605. The van der Waals surface area contributed by atoms with Gasteiger partial charge in [-0.1, -0.05) is 13.1 Å². The molecule has 2 rings (SSSR count). The second-order valence-corrected chi connectivity index (χ2v) is 3.09. The molecule has 2 heterocycles. The largest absolute Gasteiger partial charge is 0.303 e. The fourth-order valence-corrected chi connectivity index (χ4v) is 1.82. The quantitative estimate of drug-likeness (QED) is 0.641. The summed E-state index contributed by atoms with van der Waals surface area (Å²) in [5.41, 5.74) is 1.30. The molecule has 53 valence electrons. The van der Waals surface area contributed by atoms with Crippen LogP contribution >= 0.6 is 11.3 Å². The monoisotopic (exact) mass is 237 g/mol. The van der Waals surface area contributed by atoms with E-state index in [9.17, 15) is 0 Å². The Morgan fingerprint density at radius 1 is 1.55 bits per heavy atom. The van der Waals surface area contributed by atoms with Gasteiger partial charge in [0.2, 0.25) is 0 Å². The van der Waals surface area contributed by atoms with Crippen LogP contribution in [-0.4, -0.2) is 4.98 Å². The van der Waals surface area contributed by atoms with E-state index in [4.69, 9.17) is 0 Å². The maximum Gasteiger partial charge on any atom is 0 e. The van der Waals surface area contributed by atoms with E-state index in [0.29, 0.717) is 0 Å². The summed E-state index contributed by atoms with van der Waals surface area (Å²) in [6.45, 7) is 2.09. The first-order chi connectivity index (χ1) is 4.88. The molecule has 0 bridgehead atoms. The third kappa shape index (κ3) is 1.69. The SMILES string of the molecule is Cc1csc2[c-]cncc12.[Y]. The molecule has 0 aliphatic rings. The minimum absolute atomic E-state index is 0. The Labute approximate surface area is 94.7 Å². The molecule has 0 atom stereocenters. The fourth-order valence-electron chi connectivity index (χ4n) is 0.933. The van der Waals surface area contributed by atoms with Crippen LogP contribution in [0.15, 0.2) is 17.8 Å². The van der Waals surface area contributed by atoms with Crippen molar-refractivity contribution in [2.45, 2.75) is 6.92 Å².